The Morgan fingerprint density at radius 1 is 1.36 bits per heavy atom. The molecule has 3 aliphatic rings. The number of aromatic nitrogens is 3. The van der Waals surface area contributed by atoms with E-state index in [-0.39, 0.29) is 23.9 Å². The molecule has 0 spiro atoms. The molecule has 2 amide bonds. The molecule has 8 heteroatoms. The minimum absolute atomic E-state index is 0.0370. The van der Waals surface area contributed by atoms with Crippen molar-refractivity contribution >= 4 is 28.5 Å². The number of H-pyrrole nitrogens is 1. The number of anilines is 1. The zero-order valence-corrected chi connectivity index (χ0v) is 16.1. The molecule has 3 saturated heterocycles. The van der Waals surface area contributed by atoms with E-state index in [1.165, 1.54) is 0 Å². The molecule has 2 aromatic heterocycles. The lowest BCUT2D eigenvalue weighted by Crippen LogP contribution is -2.67. The largest absolute Gasteiger partial charge is 0.370 e. The molecule has 8 nitrogen and oxygen atoms in total. The minimum atomic E-state index is -0.0370. The van der Waals surface area contributed by atoms with Gasteiger partial charge in [-0.1, -0.05) is 0 Å². The first kappa shape index (κ1) is 17.5. The average molecular weight is 382 g/mol. The second kappa shape index (κ2) is 6.76. The number of aromatic amines is 1. The normalized spacial score (nSPS) is 29.7. The minimum Gasteiger partial charge on any atom is -0.370 e. The quantitative estimate of drug-likeness (QED) is 0.835. The van der Waals surface area contributed by atoms with Gasteiger partial charge in [-0.2, -0.15) is 5.10 Å². The highest BCUT2D eigenvalue weighted by molar-refractivity contribution is 5.88. The van der Waals surface area contributed by atoms with Crippen LogP contribution in [0.4, 0.5) is 5.69 Å². The number of hydrogen-bond donors (Lipinski definition) is 2. The fourth-order valence-electron chi connectivity index (χ4n) is 5.60. The molecule has 2 N–H and O–H groups in total. The maximum atomic E-state index is 12.8. The molecule has 5 rings (SSSR count). The van der Waals surface area contributed by atoms with Crippen LogP contribution in [-0.4, -0.2) is 63.6 Å². The maximum Gasteiger partial charge on any atom is 0.223 e. The van der Waals surface area contributed by atoms with Crippen LogP contribution in [-0.2, 0) is 9.59 Å². The Bertz CT molecular complexity index is 911. The van der Waals surface area contributed by atoms with E-state index >= 15 is 0 Å². The van der Waals surface area contributed by atoms with Gasteiger partial charge in [-0.3, -0.25) is 14.7 Å². The van der Waals surface area contributed by atoms with Gasteiger partial charge in [0.25, 0.3) is 0 Å². The summed E-state index contributed by atoms with van der Waals surface area (Å²) in [5.41, 5.74) is 1.96. The van der Waals surface area contributed by atoms with Gasteiger partial charge >= 0.3 is 0 Å². The number of carbonyl (C=O) groups excluding carboxylic acids is 2. The average Bonchev–Trinajstić information content (AvgIpc) is 3.17. The van der Waals surface area contributed by atoms with Crippen molar-refractivity contribution < 1.29 is 9.59 Å². The number of carbonyl (C=O) groups is 2. The van der Waals surface area contributed by atoms with Crippen LogP contribution < -0.4 is 10.2 Å². The number of fused-ring (bicyclic) bond motifs is 5. The third-order valence-corrected chi connectivity index (χ3v) is 6.73. The Kier molecular flexibility index (Phi) is 4.21. The molecule has 0 saturated carbocycles. The van der Waals surface area contributed by atoms with E-state index in [1.54, 1.807) is 6.92 Å². The van der Waals surface area contributed by atoms with Crippen molar-refractivity contribution in [3.05, 3.63) is 18.5 Å². The molecule has 2 aromatic rings. The first-order chi connectivity index (χ1) is 13.6. The Labute approximate surface area is 163 Å². The third-order valence-electron chi connectivity index (χ3n) is 6.73. The summed E-state index contributed by atoms with van der Waals surface area (Å²) in [5.74, 6) is 1.03. The van der Waals surface area contributed by atoms with Gasteiger partial charge in [0.2, 0.25) is 11.8 Å². The summed E-state index contributed by atoms with van der Waals surface area (Å²) in [5, 5.41) is 11.1. The summed E-state index contributed by atoms with van der Waals surface area (Å²) in [6.45, 7) is 3.91. The number of piperidine rings is 3. The monoisotopic (exact) mass is 382 g/mol. The van der Waals surface area contributed by atoms with Crippen LogP contribution in [0.1, 0.15) is 32.6 Å². The fraction of sp³-hybridized carbons (Fsp3) is 0.600. The molecular weight excluding hydrogens is 356 g/mol. The molecule has 0 radical (unpaired) electrons. The van der Waals surface area contributed by atoms with Crippen molar-refractivity contribution in [1.82, 2.24) is 25.4 Å². The fourth-order valence-corrected chi connectivity index (χ4v) is 5.60. The van der Waals surface area contributed by atoms with E-state index in [0.717, 1.165) is 49.1 Å². The Balaban J connectivity index is 1.48. The second-order valence-electron chi connectivity index (χ2n) is 8.39. The van der Waals surface area contributed by atoms with Crippen molar-refractivity contribution in [3.8, 4) is 0 Å². The van der Waals surface area contributed by atoms with E-state index in [4.69, 9.17) is 0 Å². The maximum absolute atomic E-state index is 12.8. The van der Waals surface area contributed by atoms with Gasteiger partial charge in [-0.15, -0.1) is 0 Å². The summed E-state index contributed by atoms with van der Waals surface area (Å²) < 4.78 is 0. The summed E-state index contributed by atoms with van der Waals surface area (Å²) in [7, 11) is 0. The Hall–Kier alpha value is -2.64. The molecule has 4 atom stereocenters. The highest BCUT2D eigenvalue weighted by Crippen LogP contribution is 2.43. The number of pyridine rings is 1. The smallest absolute Gasteiger partial charge is 0.223 e. The molecule has 0 unspecified atom stereocenters. The molecule has 3 fully saturated rings. The van der Waals surface area contributed by atoms with Crippen LogP contribution in [0, 0.1) is 11.8 Å². The van der Waals surface area contributed by atoms with Gasteiger partial charge in [0.1, 0.15) is 0 Å². The van der Waals surface area contributed by atoms with Crippen molar-refractivity contribution in [2.45, 2.75) is 44.7 Å². The lowest BCUT2D eigenvalue weighted by molar-refractivity contribution is -0.149. The van der Waals surface area contributed by atoms with E-state index in [2.05, 4.69) is 36.4 Å². The van der Waals surface area contributed by atoms with E-state index in [0.29, 0.717) is 24.8 Å². The summed E-state index contributed by atoms with van der Waals surface area (Å²) in [6.07, 6.45) is 7.45. The number of rotatable bonds is 3. The summed E-state index contributed by atoms with van der Waals surface area (Å²) >= 11 is 0. The lowest BCUT2D eigenvalue weighted by atomic mass is 9.72. The van der Waals surface area contributed by atoms with Gasteiger partial charge < -0.3 is 15.1 Å². The number of nitrogens with zero attached hydrogens (tertiary/aromatic N) is 4. The molecule has 0 aromatic carbocycles. The van der Waals surface area contributed by atoms with Crippen LogP contribution in [0.25, 0.3) is 11.0 Å². The second-order valence-corrected chi connectivity index (χ2v) is 8.39. The van der Waals surface area contributed by atoms with E-state index < -0.39 is 0 Å². The third kappa shape index (κ3) is 2.82. The van der Waals surface area contributed by atoms with Crippen LogP contribution in [0.3, 0.4) is 0 Å². The van der Waals surface area contributed by atoms with Crippen LogP contribution >= 0.6 is 0 Å². The molecule has 2 bridgehead atoms. The highest BCUT2D eigenvalue weighted by atomic mass is 16.2. The standard InChI is InChI=1S/C20H26N6O2/c1-12(27)22-9-18-14-7-13(16-3-2-4-19(28)26(16)18)10-25(11-14)17-5-6-21-20-15(17)8-23-24-20/h5-6,8,13-14,16,18H,2-4,7,9-11H2,1H3,(H,22,27)(H,21,23,24)/t13-,14+,16+,18+/m1/s1. The topological polar surface area (TPSA) is 94.2 Å². The van der Waals surface area contributed by atoms with E-state index in [1.807, 2.05) is 12.4 Å². The van der Waals surface area contributed by atoms with Gasteiger partial charge in [0.05, 0.1) is 23.3 Å². The number of amides is 2. The molecule has 28 heavy (non-hydrogen) atoms. The van der Waals surface area contributed by atoms with Crippen LogP contribution in [0.5, 0.6) is 0 Å². The van der Waals surface area contributed by atoms with Crippen molar-refractivity contribution in [3.63, 3.8) is 0 Å². The molecular formula is C20H26N6O2. The first-order valence-corrected chi connectivity index (χ1v) is 10.2. The lowest BCUT2D eigenvalue weighted by Gasteiger charge is -2.57. The molecule has 148 valence electrons. The van der Waals surface area contributed by atoms with Gasteiger partial charge in [0.15, 0.2) is 5.65 Å². The number of nitrogens with one attached hydrogen (secondary N) is 2. The molecule has 0 aliphatic carbocycles. The predicted molar refractivity (Wildman–Crippen MR) is 105 cm³/mol. The van der Waals surface area contributed by atoms with Crippen molar-refractivity contribution in [2.24, 2.45) is 11.8 Å². The van der Waals surface area contributed by atoms with Crippen LogP contribution in [0.15, 0.2) is 18.5 Å². The van der Waals surface area contributed by atoms with E-state index in [9.17, 15) is 9.59 Å². The summed E-state index contributed by atoms with van der Waals surface area (Å²) in [4.78, 5) is 33.3. The van der Waals surface area contributed by atoms with Crippen LogP contribution in [0.2, 0.25) is 0 Å². The zero-order chi connectivity index (χ0) is 19.3. The SMILES string of the molecule is CC(=O)NC[C@H]1[C@H]2C[C@H](CN(c3ccnc4[nH]ncc34)C2)[C@@H]2CCCC(=O)N21. The zero-order valence-electron chi connectivity index (χ0n) is 16.1. The van der Waals surface area contributed by atoms with Crippen molar-refractivity contribution in [2.75, 3.05) is 24.5 Å². The van der Waals surface area contributed by atoms with Gasteiger partial charge in [0, 0.05) is 45.2 Å². The van der Waals surface area contributed by atoms with Crippen molar-refractivity contribution in [1.29, 1.82) is 0 Å². The molecule has 5 heterocycles. The first-order valence-electron chi connectivity index (χ1n) is 10.2. The number of hydrogen-bond acceptors (Lipinski definition) is 5. The molecule has 3 aliphatic heterocycles. The highest BCUT2D eigenvalue weighted by Gasteiger charge is 2.49. The predicted octanol–water partition coefficient (Wildman–Crippen LogP) is 1.30. The van der Waals surface area contributed by atoms with Gasteiger partial charge in [-0.05, 0) is 37.2 Å². The Morgan fingerprint density at radius 2 is 2.21 bits per heavy atom. The summed E-state index contributed by atoms with van der Waals surface area (Å²) in [6, 6.07) is 2.41. The Morgan fingerprint density at radius 3 is 3.07 bits per heavy atom. The van der Waals surface area contributed by atoms with Gasteiger partial charge in [-0.25, -0.2) is 4.98 Å².